The van der Waals surface area contributed by atoms with Crippen molar-refractivity contribution in [2.45, 2.75) is 23.8 Å². The van der Waals surface area contributed by atoms with Crippen molar-refractivity contribution in [3.8, 4) is 5.75 Å². The van der Waals surface area contributed by atoms with Crippen LogP contribution in [0.15, 0.2) is 48.7 Å². The Morgan fingerprint density at radius 3 is 2.89 bits per heavy atom. The third-order valence-corrected chi connectivity index (χ3v) is 6.00. The number of nitrogens with zero attached hydrogens (tertiary/aromatic N) is 2. The molecular weight excluding hydrogens is 358 g/mol. The van der Waals surface area contributed by atoms with Crippen LogP contribution in [0.4, 0.5) is 11.4 Å². The number of ether oxygens (including phenoxy) is 2. The number of thioether (sulfide) groups is 1. The molecule has 6 heteroatoms. The van der Waals surface area contributed by atoms with Crippen molar-refractivity contribution in [2.75, 3.05) is 25.6 Å². The number of methoxy groups -OCH3 is 1. The van der Waals surface area contributed by atoms with Gasteiger partial charge in [0.1, 0.15) is 11.6 Å². The first kappa shape index (κ1) is 18.1. The number of hydrogen-bond acceptors (Lipinski definition) is 6. The van der Waals surface area contributed by atoms with E-state index in [1.807, 2.05) is 54.4 Å². The second-order valence-electron chi connectivity index (χ2n) is 6.51. The molecule has 0 atom stereocenters. The Balaban J connectivity index is 1.50. The largest absolute Gasteiger partial charge is 0.495 e. The van der Waals surface area contributed by atoms with Crippen molar-refractivity contribution in [2.24, 2.45) is 0 Å². The second kappa shape index (κ2) is 8.59. The van der Waals surface area contributed by atoms with E-state index >= 15 is 0 Å². The molecule has 0 aliphatic carbocycles. The summed E-state index contributed by atoms with van der Waals surface area (Å²) in [5, 5.41) is 5.11. The van der Waals surface area contributed by atoms with Gasteiger partial charge in [-0.15, -0.1) is 0 Å². The summed E-state index contributed by atoms with van der Waals surface area (Å²) < 4.78 is 10.8. The summed E-state index contributed by atoms with van der Waals surface area (Å²) in [6.07, 6.45) is 4.14. The summed E-state index contributed by atoms with van der Waals surface area (Å²) in [5.41, 5.74) is 2.87. The van der Waals surface area contributed by atoms with Crippen LogP contribution in [0.2, 0.25) is 0 Å². The summed E-state index contributed by atoms with van der Waals surface area (Å²) in [6.45, 7) is 1.74. The third kappa shape index (κ3) is 4.51. The van der Waals surface area contributed by atoms with Gasteiger partial charge in [-0.25, -0.2) is 9.97 Å². The Morgan fingerprint density at radius 2 is 2.04 bits per heavy atom. The minimum atomic E-state index is 0.650. The third-order valence-electron chi connectivity index (χ3n) is 4.64. The van der Waals surface area contributed by atoms with E-state index in [-0.39, 0.29) is 0 Å². The maximum absolute atomic E-state index is 5.43. The van der Waals surface area contributed by atoms with Crippen LogP contribution in [0.3, 0.4) is 0 Å². The van der Waals surface area contributed by atoms with E-state index in [1.165, 1.54) is 0 Å². The number of benzene rings is 2. The normalized spacial score (nSPS) is 15.0. The molecule has 0 unspecified atom stereocenters. The maximum atomic E-state index is 5.43. The van der Waals surface area contributed by atoms with Gasteiger partial charge in [0.25, 0.3) is 0 Å². The van der Waals surface area contributed by atoms with Crippen molar-refractivity contribution >= 4 is 34.0 Å². The molecule has 1 saturated heterocycles. The van der Waals surface area contributed by atoms with Crippen LogP contribution in [-0.4, -0.2) is 35.5 Å². The van der Waals surface area contributed by atoms with Gasteiger partial charge in [0.15, 0.2) is 0 Å². The zero-order valence-electron chi connectivity index (χ0n) is 15.4. The number of nitrogens with one attached hydrogen (secondary N) is 1. The lowest BCUT2D eigenvalue weighted by atomic mass is 10.2. The number of aromatic nitrogens is 2. The zero-order chi connectivity index (χ0) is 18.5. The van der Waals surface area contributed by atoms with Gasteiger partial charge in [-0.05, 0) is 43.2 Å². The predicted molar refractivity (Wildman–Crippen MR) is 111 cm³/mol. The van der Waals surface area contributed by atoms with E-state index in [1.54, 1.807) is 7.11 Å². The van der Waals surface area contributed by atoms with Gasteiger partial charge in [0, 0.05) is 35.7 Å². The summed E-state index contributed by atoms with van der Waals surface area (Å²) in [5.74, 6) is 2.53. The molecular formula is C21H23N3O2S. The van der Waals surface area contributed by atoms with Crippen LogP contribution in [0.25, 0.3) is 10.9 Å². The summed E-state index contributed by atoms with van der Waals surface area (Å²) in [4.78, 5) is 9.30. The summed E-state index contributed by atoms with van der Waals surface area (Å²) in [6, 6.07) is 14.0. The van der Waals surface area contributed by atoms with Gasteiger partial charge in [0.2, 0.25) is 0 Å². The monoisotopic (exact) mass is 381 g/mol. The molecule has 1 aliphatic rings. The Morgan fingerprint density at radius 1 is 1.19 bits per heavy atom. The van der Waals surface area contributed by atoms with Gasteiger partial charge in [-0.1, -0.05) is 12.1 Å². The molecule has 140 valence electrons. The van der Waals surface area contributed by atoms with Crippen molar-refractivity contribution < 1.29 is 9.47 Å². The minimum Gasteiger partial charge on any atom is -0.495 e. The molecule has 2 heterocycles. The first-order valence-corrected chi connectivity index (χ1v) is 10.2. The zero-order valence-corrected chi connectivity index (χ0v) is 16.2. The van der Waals surface area contributed by atoms with E-state index in [4.69, 9.17) is 14.5 Å². The summed E-state index contributed by atoms with van der Waals surface area (Å²) >= 11 is 1.93. The van der Waals surface area contributed by atoms with Gasteiger partial charge >= 0.3 is 0 Å². The lowest BCUT2D eigenvalue weighted by molar-refractivity contribution is 0.1000. The Bertz CT molecular complexity index is 913. The lowest BCUT2D eigenvalue weighted by Gasteiger charge is -2.21. The highest BCUT2D eigenvalue weighted by Gasteiger charge is 2.15. The molecule has 3 aromatic rings. The molecule has 4 rings (SSSR count). The highest BCUT2D eigenvalue weighted by atomic mass is 32.2. The molecule has 1 fully saturated rings. The van der Waals surface area contributed by atoms with Crippen LogP contribution in [0.5, 0.6) is 5.75 Å². The highest BCUT2D eigenvalue weighted by molar-refractivity contribution is 7.99. The smallest absolute Gasteiger partial charge is 0.142 e. The minimum absolute atomic E-state index is 0.650. The number of anilines is 2. The van der Waals surface area contributed by atoms with Crippen molar-refractivity contribution in [3.05, 3.63) is 54.5 Å². The molecule has 0 bridgehead atoms. The SMILES string of the molecule is COc1ccccc1Nc1ccc2cnc(CSC3CCOCC3)nc2c1. The number of fused-ring (bicyclic) bond motifs is 1. The molecule has 0 saturated carbocycles. The van der Waals surface area contributed by atoms with Crippen LogP contribution >= 0.6 is 11.8 Å². The van der Waals surface area contributed by atoms with E-state index in [0.29, 0.717) is 5.25 Å². The predicted octanol–water partition coefficient (Wildman–Crippen LogP) is 4.79. The van der Waals surface area contributed by atoms with Crippen LogP contribution in [0.1, 0.15) is 18.7 Å². The quantitative estimate of drug-likeness (QED) is 0.662. The Kier molecular flexibility index (Phi) is 5.75. The van der Waals surface area contributed by atoms with E-state index in [2.05, 4.69) is 16.4 Å². The molecule has 0 spiro atoms. The van der Waals surface area contributed by atoms with E-state index in [9.17, 15) is 0 Å². The average molecular weight is 382 g/mol. The fourth-order valence-electron chi connectivity index (χ4n) is 3.15. The molecule has 1 aliphatic heterocycles. The fraction of sp³-hybridized carbons (Fsp3) is 0.333. The van der Waals surface area contributed by atoms with Gasteiger partial charge in [-0.2, -0.15) is 11.8 Å². The van der Waals surface area contributed by atoms with Crippen molar-refractivity contribution in [3.63, 3.8) is 0 Å². The van der Waals surface area contributed by atoms with Crippen LogP contribution < -0.4 is 10.1 Å². The molecule has 2 aromatic carbocycles. The molecule has 27 heavy (non-hydrogen) atoms. The second-order valence-corrected chi connectivity index (χ2v) is 7.80. The topological polar surface area (TPSA) is 56.3 Å². The number of para-hydroxylation sites is 2. The van der Waals surface area contributed by atoms with Crippen LogP contribution in [-0.2, 0) is 10.5 Å². The Hall–Kier alpha value is -2.31. The van der Waals surface area contributed by atoms with Gasteiger partial charge in [0.05, 0.1) is 24.1 Å². The molecule has 0 amide bonds. The van der Waals surface area contributed by atoms with E-state index in [0.717, 1.165) is 65.7 Å². The van der Waals surface area contributed by atoms with Gasteiger partial charge in [-0.3, -0.25) is 0 Å². The standard InChI is InChI=1S/C21H23N3O2S/c1-25-20-5-3-2-4-18(20)23-16-7-6-15-13-22-21(24-19(15)12-16)14-27-17-8-10-26-11-9-17/h2-7,12-13,17,23H,8-11,14H2,1H3. The highest BCUT2D eigenvalue weighted by Crippen LogP contribution is 2.29. The maximum Gasteiger partial charge on any atom is 0.142 e. The fourth-order valence-corrected chi connectivity index (χ4v) is 4.20. The lowest BCUT2D eigenvalue weighted by Crippen LogP contribution is -2.17. The number of hydrogen-bond donors (Lipinski definition) is 1. The van der Waals surface area contributed by atoms with Crippen LogP contribution in [0, 0.1) is 0 Å². The van der Waals surface area contributed by atoms with Gasteiger partial charge < -0.3 is 14.8 Å². The summed E-state index contributed by atoms with van der Waals surface area (Å²) in [7, 11) is 1.68. The number of rotatable bonds is 6. The molecule has 1 N–H and O–H groups in total. The van der Waals surface area contributed by atoms with Crippen molar-refractivity contribution in [1.29, 1.82) is 0 Å². The average Bonchev–Trinajstić information content (AvgIpc) is 2.73. The van der Waals surface area contributed by atoms with Crippen molar-refractivity contribution in [1.82, 2.24) is 9.97 Å². The first-order valence-electron chi connectivity index (χ1n) is 9.17. The molecule has 0 radical (unpaired) electrons. The molecule has 5 nitrogen and oxygen atoms in total. The molecule has 1 aromatic heterocycles. The van der Waals surface area contributed by atoms with E-state index < -0.39 is 0 Å². The Labute approximate surface area is 163 Å². The first-order chi connectivity index (χ1) is 13.3.